The molecule has 7 nitrogen and oxygen atoms in total. The van der Waals surface area contributed by atoms with E-state index in [1.807, 2.05) is 61.5 Å². The van der Waals surface area contributed by atoms with Gasteiger partial charge in [-0.3, -0.25) is 9.80 Å². The number of hydrogen-bond donors (Lipinski definition) is 2. The molecule has 0 spiro atoms. The summed E-state index contributed by atoms with van der Waals surface area (Å²) in [4.78, 5) is 13.7. The lowest BCUT2D eigenvalue weighted by Crippen LogP contribution is -2.49. The lowest BCUT2D eigenvalue weighted by atomic mass is 9.97. The molecule has 2 aromatic heterocycles. The first-order chi connectivity index (χ1) is 20.2. The molecule has 2 aromatic carbocycles. The molecule has 2 saturated heterocycles. The number of hydrogen-bond acceptors (Lipinski definition) is 7. The monoisotopic (exact) mass is 624 g/mol. The van der Waals surface area contributed by atoms with Crippen LogP contribution in [-0.2, 0) is 13.1 Å². The molecule has 0 amide bonds. The van der Waals surface area contributed by atoms with Crippen LogP contribution in [0.25, 0.3) is 33.6 Å². The largest absolute Gasteiger partial charge is 0.481 e. The Hall–Kier alpha value is -2.75. The lowest BCUT2D eigenvalue weighted by Gasteiger charge is -2.36. The molecule has 2 aliphatic rings. The van der Waals surface area contributed by atoms with Crippen molar-refractivity contribution in [3.05, 3.63) is 86.5 Å². The SMILES string of the molecule is COc1nc(-c2cccc(-c3cccc(-c4cc(C)c(CN5CC(O)C5)c(Cl)n4)c3Cl)c2Cl)ccc1CN1CC(O)C1. The number of ether oxygens (including phenoxy) is 1. The summed E-state index contributed by atoms with van der Waals surface area (Å²) in [5.41, 5.74) is 7.35. The van der Waals surface area contributed by atoms with Crippen LogP contribution >= 0.6 is 34.8 Å². The third-order valence-electron chi connectivity index (χ3n) is 7.92. The van der Waals surface area contributed by atoms with Crippen LogP contribution in [0.15, 0.2) is 54.6 Å². The van der Waals surface area contributed by atoms with Crippen LogP contribution in [-0.4, -0.2) is 75.5 Å². The Balaban J connectivity index is 1.31. The Morgan fingerprint density at radius 1 is 0.762 bits per heavy atom. The fourth-order valence-electron chi connectivity index (χ4n) is 5.59. The van der Waals surface area contributed by atoms with Crippen molar-refractivity contribution >= 4 is 34.8 Å². The van der Waals surface area contributed by atoms with Crippen molar-refractivity contribution in [1.82, 2.24) is 19.8 Å². The summed E-state index contributed by atoms with van der Waals surface area (Å²) >= 11 is 20.7. The summed E-state index contributed by atoms with van der Waals surface area (Å²) in [7, 11) is 1.60. The van der Waals surface area contributed by atoms with E-state index in [-0.39, 0.29) is 12.2 Å². The molecule has 4 aromatic rings. The minimum Gasteiger partial charge on any atom is -0.481 e. The van der Waals surface area contributed by atoms with Gasteiger partial charge in [0.15, 0.2) is 0 Å². The maximum atomic E-state index is 9.63. The van der Waals surface area contributed by atoms with Crippen LogP contribution in [0.5, 0.6) is 5.88 Å². The number of rotatable bonds is 8. The van der Waals surface area contributed by atoms with Crippen LogP contribution < -0.4 is 4.74 Å². The predicted octanol–water partition coefficient (Wildman–Crippen LogP) is 6.11. The van der Waals surface area contributed by atoms with Gasteiger partial charge < -0.3 is 14.9 Å². The van der Waals surface area contributed by atoms with Gasteiger partial charge in [0.05, 0.1) is 40.8 Å². The molecule has 0 radical (unpaired) electrons. The molecule has 2 N–H and O–H groups in total. The second-order valence-electron chi connectivity index (χ2n) is 11.0. The molecule has 6 rings (SSSR count). The van der Waals surface area contributed by atoms with Gasteiger partial charge in [0, 0.05) is 72.6 Å². The Morgan fingerprint density at radius 2 is 1.31 bits per heavy atom. The first-order valence-electron chi connectivity index (χ1n) is 13.8. The highest BCUT2D eigenvalue weighted by Gasteiger charge is 2.27. The maximum absolute atomic E-state index is 9.63. The zero-order valence-electron chi connectivity index (χ0n) is 23.3. The molecular weight excluding hydrogens is 595 g/mol. The number of benzene rings is 2. The molecule has 42 heavy (non-hydrogen) atoms. The molecule has 0 aliphatic carbocycles. The summed E-state index contributed by atoms with van der Waals surface area (Å²) in [6.45, 7) is 5.89. The number of methoxy groups -OCH3 is 1. The van der Waals surface area contributed by atoms with E-state index >= 15 is 0 Å². The van der Waals surface area contributed by atoms with Gasteiger partial charge in [0.1, 0.15) is 5.15 Å². The molecular formula is C32H31Cl3N4O3. The van der Waals surface area contributed by atoms with Crippen molar-refractivity contribution in [2.75, 3.05) is 33.3 Å². The van der Waals surface area contributed by atoms with Gasteiger partial charge in [-0.05, 0) is 24.6 Å². The fourth-order valence-corrected chi connectivity index (χ4v) is 6.54. The molecule has 10 heteroatoms. The average Bonchev–Trinajstić information content (AvgIpc) is 2.93. The van der Waals surface area contributed by atoms with Crippen molar-refractivity contribution in [3.8, 4) is 39.5 Å². The van der Waals surface area contributed by atoms with Gasteiger partial charge in [0.25, 0.3) is 0 Å². The molecule has 0 saturated carbocycles. The number of β-amino-alcohol motifs (C(OH)–C–C–N with tert-alkyl or cyclic N) is 2. The molecule has 0 atom stereocenters. The number of aliphatic hydroxyl groups is 2. The lowest BCUT2D eigenvalue weighted by molar-refractivity contribution is -0.00340. The zero-order valence-corrected chi connectivity index (χ0v) is 25.6. The van der Waals surface area contributed by atoms with Crippen LogP contribution in [0.3, 0.4) is 0 Å². The van der Waals surface area contributed by atoms with Gasteiger partial charge in [0.2, 0.25) is 5.88 Å². The predicted molar refractivity (Wildman–Crippen MR) is 167 cm³/mol. The summed E-state index contributed by atoms with van der Waals surface area (Å²) in [5, 5.41) is 20.7. The molecule has 0 bridgehead atoms. The van der Waals surface area contributed by atoms with Gasteiger partial charge in [-0.2, -0.15) is 0 Å². The Morgan fingerprint density at radius 3 is 1.86 bits per heavy atom. The first-order valence-corrected chi connectivity index (χ1v) is 14.9. The van der Waals surface area contributed by atoms with Gasteiger partial charge in [-0.1, -0.05) is 77.3 Å². The minimum absolute atomic E-state index is 0.266. The van der Waals surface area contributed by atoms with E-state index in [0.717, 1.165) is 38.9 Å². The normalized spacial score (nSPS) is 16.4. The molecule has 218 valence electrons. The summed E-state index contributed by atoms with van der Waals surface area (Å²) in [6, 6.07) is 17.5. The van der Waals surface area contributed by atoms with E-state index in [1.54, 1.807) is 7.11 Å². The van der Waals surface area contributed by atoms with E-state index in [0.29, 0.717) is 71.7 Å². The molecule has 2 aliphatic heterocycles. The number of nitrogens with zero attached hydrogens (tertiary/aromatic N) is 4. The maximum Gasteiger partial charge on any atom is 0.218 e. The minimum atomic E-state index is -0.272. The number of pyridine rings is 2. The van der Waals surface area contributed by atoms with Crippen LogP contribution in [0, 0.1) is 6.92 Å². The number of aliphatic hydroxyl groups excluding tert-OH is 2. The molecule has 4 heterocycles. The van der Waals surface area contributed by atoms with Gasteiger partial charge in [-0.15, -0.1) is 0 Å². The Bertz CT molecular complexity index is 1610. The van der Waals surface area contributed by atoms with E-state index in [9.17, 15) is 10.2 Å². The molecule has 0 unspecified atom stereocenters. The van der Waals surface area contributed by atoms with Crippen LogP contribution in [0.4, 0.5) is 0 Å². The smallest absolute Gasteiger partial charge is 0.218 e. The highest BCUT2D eigenvalue weighted by molar-refractivity contribution is 6.39. The second-order valence-corrected chi connectivity index (χ2v) is 12.1. The highest BCUT2D eigenvalue weighted by Crippen LogP contribution is 2.42. The number of aryl methyl sites for hydroxylation is 1. The number of halogens is 3. The van der Waals surface area contributed by atoms with Crippen LogP contribution in [0.2, 0.25) is 15.2 Å². The topological polar surface area (TPSA) is 82.0 Å². The van der Waals surface area contributed by atoms with Crippen molar-refractivity contribution < 1.29 is 14.9 Å². The summed E-state index contributed by atoms with van der Waals surface area (Å²) in [6.07, 6.45) is -0.538. The van der Waals surface area contributed by atoms with Crippen molar-refractivity contribution in [3.63, 3.8) is 0 Å². The molecule has 2 fully saturated rings. The highest BCUT2D eigenvalue weighted by atomic mass is 35.5. The van der Waals surface area contributed by atoms with Crippen molar-refractivity contribution in [2.24, 2.45) is 0 Å². The summed E-state index contributed by atoms with van der Waals surface area (Å²) in [5.74, 6) is 0.530. The van der Waals surface area contributed by atoms with E-state index in [2.05, 4.69) is 9.80 Å². The van der Waals surface area contributed by atoms with Crippen molar-refractivity contribution in [1.29, 1.82) is 0 Å². The van der Waals surface area contributed by atoms with Gasteiger partial charge >= 0.3 is 0 Å². The van der Waals surface area contributed by atoms with E-state index < -0.39 is 0 Å². The fraction of sp³-hybridized carbons (Fsp3) is 0.312. The zero-order chi connectivity index (χ0) is 29.5. The number of aromatic nitrogens is 2. The Labute approximate surface area is 260 Å². The third kappa shape index (κ3) is 5.75. The first kappa shape index (κ1) is 29.3. The van der Waals surface area contributed by atoms with Crippen molar-refractivity contribution in [2.45, 2.75) is 32.2 Å². The number of likely N-dealkylation sites (tertiary alicyclic amines) is 2. The van der Waals surface area contributed by atoms with E-state index in [1.165, 1.54) is 0 Å². The Kier molecular flexibility index (Phi) is 8.44. The van der Waals surface area contributed by atoms with Crippen LogP contribution in [0.1, 0.15) is 16.7 Å². The second kappa shape index (κ2) is 12.1. The third-order valence-corrected chi connectivity index (χ3v) is 9.05. The quantitative estimate of drug-likeness (QED) is 0.229. The van der Waals surface area contributed by atoms with Gasteiger partial charge in [-0.25, -0.2) is 9.97 Å². The average molecular weight is 626 g/mol. The summed E-state index contributed by atoms with van der Waals surface area (Å²) < 4.78 is 5.61. The standard InChI is InChI=1S/C32H31Cl3N4O3/c1-18-11-28(36-31(35)26(18)17-39-15-21(41)16-39)25-8-4-6-23(30(25)34)22-5-3-7-24(29(22)33)27-10-9-19(32(37-27)42-2)12-38-13-20(40)14-38/h3-11,20-21,40-41H,12-17H2,1-2H3. The van der Waals surface area contributed by atoms with E-state index in [4.69, 9.17) is 49.5 Å².